The zero-order chi connectivity index (χ0) is 19.7. The van der Waals surface area contributed by atoms with Crippen molar-refractivity contribution in [3.8, 4) is 0 Å². The number of nitrogens with zero attached hydrogens (tertiary/aromatic N) is 6. The van der Waals surface area contributed by atoms with Gasteiger partial charge in [-0.25, -0.2) is 9.97 Å². The highest BCUT2D eigenvalue weighted by Crippen LogP contribution is 2.32. The van der Waals surface area contributed by atoms with Crippen LogP contribution in [0, 0.1) is 12.3 Å². The molecular formula is C19H29N7O2. The lowest BCUT2D eigenvalue weighted by Gasteiger charge is -2.43. The first kappa shape index (κ1) is 19.1. The smallest absolute Gasteiger partial charge is 0.231 e. The van der Waals surface area contributed by atoms with Crippen molar-refractivity contribution in [2.45, 2.75) is 19.8 Å². The maximum atomic E-state index is 13.3. The van der Waals surface area contributed by atoms with E-state index in [9.17, 15) is 4.79 Å². The first-order chi connectivity index (χ1) is 13.5. The summed E-state index contributed by atoms with van der Waals surface area (Å²) in [7, 11) is 3.58. The van der Waals surface area contributed by atoms with Crippen LogP contribution in [0.2, 0.25) is 0 Å². The quantitative estimate of drug-likeness (QED) is 0.809. The Morgan fingerprint density at radius 3 is 2.61 bits per heavy atom. The predicted octanol–water partition coefficient (Wildman–Crippen LogP) is 0.337. The van der Waals surface area contributed by atoms with Crippen LogP contribution in [0.15, 0.2) is 6.20 Å². The lowest BCUT2D eigenvalue weighted by atomic mass is 9.78. The number of aromatic nitrogens is 4. The van der Waals surface area contributed by atoms with Crippen molar-refractivity contribution in [3.05, 3.63) is 12.0 Å². The molecule has 4 rings (SSSR count). The molecule has 2 aromatic rings. The summed E-state index contributed by atoms with van der Waals surface area (Å²) < 4.78 is 7.22. The van der Waals surface area contributed by atoms with Gasteiger partial charge in [-0.3, -0.25) is 9.48 Å². The molecule has 0 unspecified atom stereocenters. The van der Waals surface area contributed by atoms with Gasteiger partial charge in [0.2, 0.25) is 5.91 Å². The fourth-order valence-electron chi connectivity index (χ4n) is 4.41. The van der Waals surface area contributed by atoms with E-state index in [1.165, 1.54) is 0 Å². The number of fused-ring (bicyclic) bond motifs is 1. The Kier molecular flexibility index (Phi) is 5.20. The fourth-order valence-corrected chi connectivity index (χ4v) is 4.41. The van der Waals surface area contributed by atoms with Crippen LogP contribution in [-0.4, -0.2) is 83.5 Å². The Labute approximate surface area is 165 Å². The third kappa shape index (κ3) is 3.33. The number of hydrogen-bond donors (Lipinski definition) is 1. The molecule has 2 aliphatic heterocycles. The van der Waals surface area contributed by atoms with E-state index in [1.54, 1.807) is 11.8 Å². The van der Waals surface area contributed by atoms with E-state index in [-0.39, 0.29) is 11.3 Å². The van der Waals surface area contributed by atoms with E-state index in [0.717, 1.165) is 61.7 Å². The zero-order valence-electron chi connectivity index (χ0n) is 16.9. The van der Waals surface area contributed by atoms with Gasteiger partial charge in [-0.05, 0) is 32.9 Å². The molecule has 0 aliphatic carbocycles. The second-order valence-corrected chi connectivity index (χ2v) is 7.84. The molecule has 0 radical (unpaired) electrons. The number of ether oxygens (including phenoxy) is 1. The van der Waals surface area contributed by atoms with Gasteiger partial charge in [-0.15, -0.1) is 0 Å². The summed E-state index contributed by atoms with van der Waals surface area (Å²) >= 11 is 0. The number of carbonyl (C=O) groups is 1. The number of anilines is 1. The first-order valence-electron chi connectivity index (χ1n) is 9.94. The average molecular weight is 387 g/mol. The van der Waals surface area contributed by atoms with Gasteiger partial charge in [0, 0.05) is 40.3 Å². The molecule has 152 valence electrons. The van der Waals surface area contributed by atoms with Crippen molar-refractivity contribution in [2.24, 2.45) is 12.5 Å². The maximum Gasteiger partial charge on any atom is 0.231 e. The van der Waals surface area contributed by atoms with Gasteiger partial charge >= 0.3 is 0 Å². The van der Waals surface area contributed by atoms with Crippen LogP contribution in [-0.2, 0) is 16.6 Å². The summed E-state index contributed by atoms with van der Waals surface area (Å²) in [4.78, 5) is 26.8. The standard InChI is InChI=1S/C19H29N7O2/c1-14-22-16-15(12-21-24(16)2)17(23-14)25-8-10-26(11-9-25)18(27)19(13-28-3)4-6-20-7-5-19/h12,20H,4-11,13H2,1-3H3. The number of nitrogens with one attached hydrogen (secondary N) is 1. The Morgan fingerprint density at radius 1 is 1.21 bits per heavy atom. The molecule has 9 nitrogen and oxygen atoms in total. The van der Waals surface area contributed by atoms with Gasteiger partial charge in [0.1, 0.15) is 11.6 Å². The molecule has 2 fully saturated rings. The molecule has 0 bridgehead atoms. The van der Waals surface area contributed by atoms with E-state index in [2.05, 4.69) is 25.3 Å². The monoisotopic (exact) mass is 387 g/mol. The van der Waals surface area contributed by atoms with Crippen LogP contribution in [0.25, 0.3) is 11.0 Å². The van der Waals surface area contributed by atoms with E-state index < -0.39 is 0 Å². The third-order valence-corrected chi connectivity index (χ3v) is 5.99. The highest BCUT2D eigenvalue weighted by atomic mass is 16.5. The maximum absolute atomic E-state index is 13.3. The SMILES string of the molecule is COCC1(C(=O)N2CCN(c3nc(C)nc4c3cnn4C)CC2)CCNCC1. The Bertz CT molecular complexity index is 846. The van der Waals surface area contributed by atoms with Gasteiger partial charge in [0.25, 0.3) is 0 Å². The summed E-state index contributed by atoms with van der Waals surface area (Å²) in [6.07, 6.45) is 3.49. The number of rotatable bonds is 4. The highest BCUT2D eigenvalue weighted by Gasteiger charge is 2.43. The molecule has 0 atom stereocenters. The zero-order valence-corrected chi connectivity index (χ0v) is 16.9. The number of piperazine rings is 1. The average Bonchev–Trinajstić information content (AvgIpc) is 3.08. The lowest BCUT2D eigenvalue weighted by Crippen LogP contribution is -2.56. The molecule has 2 aliphatic rings. The molecule has 0 saturated carbocycles. The van der Waals surface area contributed by atoms with Gasteiger partial charge in [-0.2, -0.15) is 5.10 Å². The van der Waals surface area contributed by atoms with Gasteiger partial charge in [-0.1, -0.05) is 0 Å². The topological polar surface area (TPSA) is 88.4 Å². The molecule has 1 amide bonds. The highest BCUT2D eigenvalue weighted by molar-refractivity contribution is 5.87. The van der Waals surface area contributed by atoms with Gasteiger partial charge < -0.3 is 19.9 Å². The lowest BCUT2D eigenvalue weighted by molar-refractivity contribution is -0.147. The summed E-state index contributed by atoms with van der Waals surface area (Å²) in [6, 6.07) is 0. The number of carbonyl (C=O) groups excluding carboxylic acids is 1. The van der Waals surface area contributed by atoms with Crippen molar-refractivity contribution in [3.63, 3.8) is 0 Å². The number of methoxy groups -OCH3 is 1. The largest absolute Gasteiger partial charge is 0.384 e. The van der Waals surface area contributed by atoms with E-state index in [1.807, 2.05) is 25.1 Å². The van der Waals surface area contributed by atoms with Crippen LogP contribution < -0.4 is 10.2 Å². The second-order valence-electron chi connectivity index (χ2n) is 7.84. The molecule has 2 saturated heterocycles. The molecule has 4 heterocycles. The number of amides is 1. The normalized spacial score (nSPS) is 20.0. The third-order valence-electron chi connectivity index (χ3n) is 5.99. The molecule has 1 N–H and O–H groups in total. The number of hydrogen-bond acceptors (Lipinski definition) is 7. The summed E-state index contributed by atoms with van der Waals surface area (Å²) in [6.45, 7) is 7.05. The molecule has 0 spiro atoms. The van der Waals surface area contributed by atoms with Crippen LogP contribution in [0.1, 0.15) is 18.7 Å². The van der Waals surface area contributed by atoms with Crippen LogP contribution >= 0.6 is 0 Å². The van der Waals surface area contributed by atoms with Crippen molar-refractivity contribution in [2.75, 3.05) is 57.9 Å². The van der Waals surface area contributed by atoms with Crippen molar-refractivity contribution >= 4 is 22.8 Å². The Balaban J connectivity index is 1.50. The molecule has 0 aromatic carbocycles. The van der Waals surface area contributed by atoms with Crippen molar-refractivity contribution in [1.29, 1.82) is 0 Å². The van der Waals surface area contributed by atoms with Crippen LogP contribution in [0.3, 0.4) is 0 Å². The molecule has 28 heavy (non-hydrogen) atoms. The van der Waals surface area contributed by atoms with Crippen molar-refractivity contribution < 1.29 is 9.53 Å². The second kappa shape index (κ2) is 7.63. The van der Waals surface area contributed by atoms with Crippen LogP contribution in [0.4, 0.5) is 5.82 Å². The predicted molar refractivity (Wildman–Crippen MR) is 106 cm³/mol. The Hall–Kier alpha value is -2.26. The summed E-state index contributed by atoms with van der Waals surface area (Å²) in [5.74, 6) is 1.88. The van der Waals surface area contributed by atoms with Gasteiger partial charge in [0.05, 0.1) is 23.6 Å². The molecule has 2 aromatic heterocycles. The van der Waals surface area contributed by atoms with Crippen LogP contribution in [0.5, 0.6) is 0 Å². The number of piperidine rings is 1. The molecular weight excluding hydrogens is 358 g/mol. The Morgan fingerprint density at radius 2 is 1.93 bits per heavy atom. The van der Waals surface area contributed by atoms with Crippen molar-refractivity contribution in [1.82, 2.24) is 30.0 Å². The minimum Gasteiger partial charge on any atom is -0.384 e. The minimum absolute atomic E-state index is 0.237. The molecule has 9 heteroatoms. The first-order valence-corrected chi connectivity index (χ1v) is 9.94. The van der Waals surface area contributed by atoms with E-state index >= 15 is 0 Å². The number of aryl methyl sites for hydroxylation is 2. The van der Waals surface area contributed by atoms with E-state index in [4.69, 9.17) is 4.74 Å². The minimum atomic E-state index is -0.385. The summed E-state index contributed by atoms with van der Waals surface area (Å²) in [5, 5.41) is 8.64. The fraction of sp³-hybridized carbons (Fsp3) is 0.684. The van der Waals surface area contributed by atoms with Gasteiger partial charge in [0.15, 0.2) is 5.65 Å². The summed E-state index contributed by atoms with van der Waals surface area (Å²) in [5.41, 5.74) is 0.458. The van der Waals surface area contributed by atoms with E-state index in [0.29, 0.717) is 19.7 Å².